The van der Waals surface area contributed by atoms with E-state index < -0.39 is 66.9 Å². The Bertz CT molecular complexity index is 1500. The lowest BCUT2D eigenvalue weighted by atomic mass is 9.57. The Morgan fingerprint density at radius 3 is 1.36 bits per heavy atom. The van der Waals surface area contributed by atoms with E-state index in [1.165, 1.54) is 0 Å². The minimum absolute atomic E-state index is 0.0964. The zero-order chi connectivity index (χ0) is 47.4. The molecule has 0 aromatic heterocycles. The van der Waals surface area contributed by atoms with Crippen LogP contribution in [0.4, 0.5) is 0 Å². The lowest BCUT2D eigenvalue weighted by Crippen LogP contribution is -2.60. The number of piperidine rings is 1. The number of hydrogen-bond donors (Lipinski definition) is 1. The van der Waals surface area contributed by atoms with Gasteiger partial charge in [0, 0.05) is 23.9 Å². The SMILES string of the molecule is C=CC(C)(C)CC(CC(C)(C)C)OC(=O)CC(C(=O)OC(CC(C)(C)C)CC(C)(C)C=C)C(CC(=O)OC1CC(C)(C)C(C)C(C)(C)C1)C(=O)OC1CC(C)(C)NC(C)(C)C1. The number of esters is 4. The molecule has 1 N–H and O–H groups in total. The number of carbonyl (C=O) groups excluding carboxylic acids is 4. The smallest absolute Gasteiger partial charge is 0.310 e. The quantitative estimate of drug-likeness (QED) is 0.0769. The van der Waals surface area contributed by atoms with Crippen LogP contribution >= 0.6 is 0 Å². The van der Waals surface area contributed by atoms with Gasteiger partial charge in [-0.05, 0) is 105 Å². The van der Waals surface area contributed by atoms with E-state index >= 15 is 0 Å². The van der Waals surface area contributed by atoms with E-state index in [9.17, 15) is 19.2 Å². The van der Waals surface area contributed by atoms with Gasteiger partial charge in [-0.1, -0.05) is 116 Å². The summed E-state index contributed by atoms with van der Waals surface area (Å²) in [6, 6.07) is 0. The molecule has 0 spiro atoms. The van der Waals surface area contributed by atoms with Crippen molar-refractivity contribution in [3.05, 3.63) is 25.3 Å². The van der Waals surface area contributed by atoms with Gasteiger partial charge in [-0.3, -0.25) is 19.2 Å². The fraction of sp³-hybridized carbons (Fsp3) is 0.846. The summed E-state index contributed by atoms with van der Waals surface area (Å²) < 4.78 is 25.3. The van der Waals surface area contributed by atoms with Crippen LogP contribution in [0.15, 0.2) is 25.3 Å². The van der Waals surface area contributed by atoms with Crippen LogP contribution in [0.25, 0.3) is 0 Å². The molecule has 1 heterocycles. The molecule has 0 bridgehead atoms. The van der Waals surface area contributed by atoms with Gasteiger partial charge in [-0.2, -0.15) is 0 Å². The molecule has 2 fully saturated rings. The molecule has 1 aliphatic carbocycles. The van der Waals surface area contributed by atoms with E-state index in [0.717, 1.165) is 0 Å². The standard InChI is InChI=1S/C52H91NO8/c1-22-47(10,11)28-35(26-45(4,5)6)58-41(54)24-39(43(56)60-36(27-46(7,8)9)29-48(12,13)23-2)40(44(57)61-38-32-51(18,19)53-52(20,21)33-38)25-42(55)59-37-30-49(14,15)34(3)50(16,17)31-37/h22-23,34-40,53H,1-2,24-33H2,3-21H3. The average Bonchev–Trinajstić information content (AvgIpc) is 3.01. The molecular weight excluding hydrogens is 767 g/mol. The Hall–Kier alpha value is -2.68. The maximum absolute atomic E-state index is 14.9. The molecule has 1 aliphatic heterocycles. The van der Waals surface area contributed by atoms with Crippen LogP contribution in [0.3, 0.4) is 0 Å². The minimum Gasteiger partial charge on any atom is -0.462 e. The average molecular weight is 858 g/mol. The van der Waals surface area contributed by atoms with E-state index in [-0.39, 0.29) is 49.7 Å². The number of allylic oxidation sites excluding steroid dienone is 2. The van der Waals surface area contributed by atoms with E-state index in [1.54, 1.807) is 0 Å². The highest BCUT2D eigenvalue weighted by molar-refractivity contribution is 5.88. The van der Waals surface area contributed by atoms with E-state index in [2.05, 4.69) is 122 Å². The first-order valence-electron chi connectivity index (χ1n) is 23.2. The number of nitrogens with one attached hydrogen (secondary N) is 1. The van der Waals surface area contributed by atoms with E-state index in [4.69, 9.17) is 18.9 Å². The van der Waals surface area contributed by atoms with E-state index in [1.807, 2.05) is 39.8 Å². The van der Waals surface area contributed by atoms with Crippen LogP contribution in [0.2, 0.25) is 0 Å². The second-order valence-electron chi connectivity index (χ2n) is 25.7. The highest BCUT2D eigenvalue weighted by Gasteiger charge is 2.48. The fourth-order valence-corrected chi connectivity index (χ4v) is 10.2. The van der Waals surface area contributed by atoms with Crippen molar-refractivity contribution in [2.45, 2.75) is 231 Å². The van der Waals surface area contributed by atoms with Crippen molar-refractivity contribution >= 4 is 23.9 Å². The molecule has 1 saturated carbocycles. The summed E-state index contributed by atoms with van der Waals surface area (Å²) in [5.41, 5.74) is -1.99. The van der Waals surface area contributed by atoms with Gasteiger partial charge in [0.2, 0.25) is 0 Å². The van der Waals surface area contributed by atoms with Gasteiger partial charge in [0.05, 0.1) is 24.7 Å². The van der Waals surface area contributed by atoms with Crippen molar-refractivity contribution in [1.29, 1.82) is 0 Å². The summed E-state index contributed by atoms with van der Waals surface area (Å²) in [6.45, 7) is 48.0. The predicted molar refractivity (Wildman–Crippen MR) is 248 cm³/mol. The van der Waals surface area contributed by atoms with Crippen LogP contribution in [-0.4, -0.2) is 59.4 Å². The molecule has 352 valence electrons. The molecule has 2 aliphatic rings. The Kier molecular flexibility index (Phi) is 17.9. The van der Waals surface area contributed by atoms with Gasteiger partial charge >= 0.3 is 23.9 Å². The van der Waals surface area contributed by atoms with Crippen molar-refractivity contribution in [3.63, 3.8) is 0 Å². The van der Waals surface area contributed by atoms with Crippen LogP contribution in [0.1, 0.15) is 196 Å². The highest BCUT2D eigenvalue weighted by Crippen LogP contribution is 2.51. The molecule has 4 unspecified atom stereocenters. The maximum atomic E-state index is 14.9. The second-order valence-corrected chi connectivity index (χ2v) is 25.7. The molecule has 9 heteroatoms. The lowest BCUT2D eigenvalue weighted by Gasteiger charge is -2.50. The van der Waals surface area contributed by atoms with Crippen molar-refractivity contribution in [1.82, 2.24) is 5.32 Å². The predicted octanol–water partition coefficient (Wildman–Crippen LogP) is 12.1. The Balaban J connectivity index is 2.73. The summed E-state index contributed by atoms with van der Waals surface area (Å²) in [7, 11) is 0. The summed E-state index contributed by atoms with van der Waals surface area (Å²) >= 11 is 0. The third kappa shape index (κ3) is 18.5. The number of rotatable bonds is 19. The van der Waals surface area contributed by atoms with Crippen LogP contribution in [-0.2, 0) is 38.1 Å². The highest BCUT2D eigenvalue weighted by atomic mass is 16.6. The second kappa shape index (κ2) is 20.0. The first kappa shape index (κ1) is 54.5. The van der Waals surface area contributed by atoms with Crippen LogP contribution < -0.4 is 5.32 Å². The molecule has 0 aromatic carbocycles. The lowest BCUT2D eigenvalue weighted by molar-refractivity contribution is -0.178. The molecule has 61 heavy (non-hydrogen) atoms. The first-order chi connectivity index (χ1) is 27.3. The molecule has 0 amide bonds. The number of carbonyl (C=O) groups is 4. The monoisotopic (exact) mass is 858 g/mol. The zero-order valence-electron chi connectivity index (χ0n) is 42.4. The van der Waals surface area contributed by atoms with E-state index in [0.29, 0.717) is 57.3 Å². The molecule has 9 nitrogen and oxygen atoms in total. The Morgan fingerprint density at radius 1 is 0.574 bits per heavy atom. The van der Waals surface area contributed by atoms with Gasteiger partial charge in [0.1, 0.15) is 24.4 Å². The Morgan fingerprint density at radius 2 is 0.951 bits per heavy atom. The van der Waals surface area contributed by atoms with Crippen molar-refractivity contribution in [3.8, 4) is 0 Å². The third-order valence-electron chi connectivity index (χ3n) is 13.3. The third-order valence-corrected chi connectivity index (χ3v) is 13.3. The molecule has 0 aromatic rings. The normalized spacial score (nSPS) is 23.7. The number of ether oxygens (including phenoxy) is 4. The van der Waals surface area contributed by atoms with Crippen LogP contribution in [0, 0.1) is 50.2 Å². The summed E-state index contributed by atoms with van der Waals surface area (Å²) in [4.78, 5) is 58.4. The van der Waals surface area contributed by atoms with Gasteiger partial charge in [0.25, 0.3) is 0 Å². The molecule has 2 rings (SSSR count). The Labute approximate surface area is 373 Å². The van der Waals surface area contributed by atoms with Gasteiger partial charge < -0.3 is 24.3 Å². The topological polar surface area (TPSA) is 117 Å². The number of hydrogen-bond acceptors (Lipinski definition) is 9. The van der Waals surface area contributed by atoms with Gasteiger partial charge in [-0.15, -0.1) is 13.2 Å². The summed E-state index contributed by atoms with van der Waals surface area (Å²) in [5, 5.41) is 3.63. The molecule has 4 atom stereocenters. The minimum atomic E-state index is -1.38. The van der Waals surface area contributed by atoms with Gasteiger partial charge in [0.15, 0.2) is 0 Å². The maximum Gasteiger partial charge on any atom is 0.310 e. The zero-order valence-corrected chi connectivity index (χ0v) is 42.4. The van der Waals surface area contributed by atoms with Crippen molar-refractivity contribution < 1.29 is 38.1 Å². The summed E-state index contributed by atoms with van der Waals surface area (Å²) in [5.74, 6) is -5.08. The van der Waals surface area contributed by atoms with Crippen LogP contribution in [0.5, 0.6) is 0 Å². The molecule has 0 radical (unpaired) electrons. The summed E-state index contributed by atoms with van der Waals surface area (Å²) in [6.07, 6.45) is 5.32. The largest absolute Gasteiger partial charge is 0.462 e. The van der Waals surface area contributed by atoms with Crippen molar-refractivity contribution in [2.24, 2.45) is 50.2 Å². The first-order valence-corrected chi connectivity index (χ1v) is 23.2. The van der Waals surface area contributed by atoms with Gasteiger partial charge in [-0.25, -0.2) is 0 Å². The van der Waals surface area contributed by atoms with Crippen molar-refractivity contribution in [2.75, 3.05) is 0 Å². The molecular formula is C52H91NO8. The molecule has 1 saturated heterocycles. The fourth-order valence-electron chi connectivity index (χ4n) is 10.2.